The van der Waals surface area contributed by atoms with Gasteiger partial charge in [0, 0.05) is 11.0 Å². The number of carboxylic acids is 1. The normalized spacial score (nSPS) is 25.5. The highest BCUT2D eigenvalue weighted by molar-refractivity contribution is 7.22. The molecule has 5 nitrogen and oxygen atoms in total. The molecule has 4 unspecified atom stereocenters. The predicted octanol–water partition coefficient (Wildman–Crippen LogP) is 4.16. The largest absolute Gasteiger partial charge is 0.481 e. The highest BCUT2D eigenvalue weighted by Crippen LogP contribution is 2.48. The number of carboxylic acid groups (broad SMARTS) is 1. The van der Waals surface area contributed by atoms with Crippen LogP contribution >= 0.6 is 11.3 Å². The van der Waals surface area contributed by atoms with Crippen molar-refractivity contribution < 1.29 is 14.7 Å². The zero-order valence-corrected chi connectivity index (χ0v) is 16.8. The fourth-order valence-corrected chi connectivity index (χ4v) is 4.93. The number of rotatable bonds is 3. The lowest BCUT2D eigenvalue weighted by Crippen LogP contribution is -2.36. The van der Waals surface area contributed by atoms with Crippen LogP contribution in [0.4, 0.5) is 5.13 Å². The minimum absolute atomic E-state index is 0.000228. The van der Waals surface area contributed by atoms with Gasteiger partial charge in [0.2, 0.25) is 5.91 Å². The lowest BCUT2D eigenvalue weighted by molar-refractivity contribution is -0.146. The molecule has 2 bridgehead atoms. The van der Waals surface area contributed by atoms with E-state index in [1.807, 2.05) is 30.4 Å². The number of carbonyl (C=O) groups excluding carboxylic acids is 1. The van der Waals surface area contributed by atoms with Crippen LogP contribution in [-0.2, 0) is 9.59 Å². The lowest BCUT2D eigenvalue weighted by atomic mass is 9.82. The van der Waals surface area contributed by atoms with E-state index in [0.717, 1.165) is 22.2 Å². The zero-order valence-electron chi connectivity index (χ0n) is 16.0. The molecule has 1 amide bonds. The lowest BCUT2D eigenvalue weighted by Gasteiger charge is -2.23. The van der Waals surface area contributed by atoms with Crippen molar-refractivity contribution in [3.63, 3.8) is 0 Å². The molecule has 1 saturated carbocycles. The molecule has 6 heteroatoms. The fraction of sp³-hybridized carbons (Fsp3) is 0.409. The van der Waals surface area contributed by atoms with Gasteiger partial charge in [-0.05, 0) is 57.2 Å². The van der Waals surface area contributed by atoms with Crippen molar-refractivity contribution in [1.82, 2.24) is 4.98 Å². The Hall–Kier alpha value is -2.65. The number of aliphatic carboxylic acids is 1. The fourth-order valence-electron chi connectivity index (χ4n) is 4.02. The first-order valence-electron chi connectivity index (χ1n) is 9.37. The van der Waals surface area contributed by atoms with Gasteiger partial charge in [-0.25, -0.2) is 4.98 Å². The van der Waals surface area contributed by atoms with Crippen molar-refractivity contribution in [3.8, 4) is 11.8 Å². The van der Waals surface area contributed by atoms with Crippen molar-refractivity contribution in [3.05, 3.63) is 35.9 Å². The third-order valence-electron chi connectivity index (χ3n) is 5.25. The van der Waals surface area contributed by atoms with Crippen molar-refractivity contribution >= 4 is 38.6 Å². The summed E-state index contributed by atoms with van der Waals surface area (Å²) in [4.78, 5) is 28.9. The van der Waals surface area contributed by atoms with E-state index in [4.69, 9.17) is 0 Å². The van der Waals surface area contributed by atoms with E-state index in [0.29, 0.717) is 5.13 Å². The SMILES string of the molecule is CC(C)(C)C#Cc1ccc2nc(NC(=O)C3C4C=CC(C4)C3C(=O)O)sc2c1. The first-order chi connectivity index (χ1) is 13.2. The third-order valence-corrected chi connectivity index (χ3v) is 6.18. The van der Waals surface area contributed by atoms with Crippen LogP contribution in [0.3, 0.4) is 0 Å². The zero-order chi connectivity index (χ0) is 20.1. The summed E-state index contributed by atoms with van der Waals surface area (Å²) in [5.74, 6) is 4.01. The Morgan fingerprint density at radius 3 is 2.61 bits per heavy atom. The molecule has 144 valence electrons. The second kappa shape index (κ2) is 6.75. The maximum atomic E-state index is 12.8. The number of amides is 1. The molecular formula is C22H22N2O3S. The van der Waals surface area contributed by atoms with Crippen LogP contribution in [0, 0.1) is 40.9 Å². The Morgan fingerprint density at radius 1 is 1.21 bits per heavy atom. The number of fused-ring (bicyclic) bond motifs is 3. The molecule has 1 heterocycles. The maximum absolute atomic E-state index is 12.8. The molecule has 0 aliphatic heterocycles. The van der Waals surface area contributed by atoms with Crippen LogP contribution in [-0.4, -0.2) is 22.0 Å². The molecule has 4 rings (SSSR count). The maximum Gasteiger partial charge on any atom is 0.307 e. The molecule has 4 atom stereocenters. The smallest absolute Gasteiger partial charge is 0.307 e. The van der Waals surface area contributed by atoms with Crippen LogP contribution in [0.2, 0.25) is 0 Å². The third kappa shape index (κ3) is 3.55. The van der Waals surface area contributed by atoms with Gasteiger partial charge in [0.05, 0.1) is 22.1 Å². The van der Waals surface area contributed by atoms with Gasteiger partial charge < -0.3 is 10.4 Å². The van der Waals surface area contributed by atoms with Crippen molar-refractivity contribution in [2.24, 2.45) is 29.1 Å². The molecule has 2 N–H and O–H groups in total. The number of thiazole rings is 1. The van der Waals surface area contributed by atoms with Gasteiger partial charge in [0.15, 0.2) is 5.13 Å². The van der Waals surface area contributed by atoms with E-state index in [1.54, 1.807) is 0 Å². The van der Waals surface area contributed by atoms with E-state index in [2.05, 4.69) is 42.9 Å². The van der Waals surface area contributed by atoms with Crippen LogP contribution in [0.15, 0.2) is 30.4 Å². The number of allylic oxidation sites excluding steroid dienone is 2. The summed E-state index contributed by atoms with van der Waals surface area (Å²) in [5, 5.41) is 12.9. The molecule has 0 radical (unpaired) electrons. The second-order valence-corrected chi connectivity index (χ2v) is 9.56. The summed E-state index contributed by atoms with van der Waals surface area (Å²) < 4.78 is 0.943. The topological polar surface area (TPSA) is 79.3 Å². The average molecular weight is 394 g/mol. The number of nitrogens with zero attached hydrogens (tertiary/aromatic N) is 1. The number of carbonyl (C=O) groups is 2. The Labute approximate surface area is 167 Å². The summed E-state index contributed by atoms with van der Waals surface area (Å²) in [5.41, 5.74) is 1.63. The summed E-state index contributed by atoms with van der Waals surface area (Å²) >= 11 is 1.39. The monoisotopic (exact) mass is 394 g/mol. The van der Waals surface area contributed by atoms with Gasteiger partial charge in [-0.2, -0.15) is 0 Å². The number of hydrogen-bond donors (Lipinski definition) is 2. The van der Waals surface area contributed by atoms with Crippen molar-refractivity contribution in [1.29, 1.82) is 0 Å². The summed E-state index contributed by atoms with van der Waals surface area (Å²) in [6.45, 7) is 6.19. The Balaban J connectivity index is 1.55. The molecule has 2 aliphatic carbocycles. The van der Waals surface area contributed by atoms with Crippen LogP contribution in [0.25, 0.3) is 10.2 Å². The van der Waals surface area contributed by atoms with Gasteiger partial charge in [0.1, 0.15) is 0 Å². The molecule has 2 aromatic rings. The first-order valence-corrected chi connectivity index (χ1v) is 10.2. The van der Waals surface area contributed by atoms with E-state index in [-0.39, 0.29) is 23.2 Å². The second-order valence-electron chi connectivity index (χ2n) is 8.53. The summed E-state index contributed by atoms with van der Waals surface area (Å²) in [6, 6.07) is 5.80. The molecule has 2 aliphatic rings. The molecule has 0 spiro atoms. The van der Waals surface area contributed by atoms with E-state index < -0.39 is 17.8 Å². The van der Waals surface area contributed by atoms with Crippen LogP contribution in [0.5, 0.6) is 0 Å². The van der Waals surface area contributed by atoms with Gasteiger partial charge >= 0.3 is 5.97 Å². The highest BCUT2D eigenvalue weighted by Gasteiger charge is 2.51. The quantitative estimate of drug-likeness (QED) is 0.605. The number of benzene rings is 1. The van der Waals surface area contributed by atoms with Crippen LogP contribution in [0.1, 0.15) is 32.8 Å². The van der Waals surface area contributed by atoms with E-state index >= 15 is 0 Å². The minimum atomic E-state index is -0.900. The molecule has 1 fully saturated rings. The summed E-state index contributed by atoms with van der Waals surface area (Å²) in [6.07, 6.45) is 4.66. The highest BCUT2D eigenvalue weighted by atomic mass is 32.1. The predicted molar refractivity (Wildman–Crippen MR) is 110 cm³/mol. The summed E-state index contributed by atoms with van der Waals surface area (Å²) in [7, 11) is 0. The van der Waals surface area contributed by atoms with E-state index in [9.17, 15) is 14.7 Å². The number of aromatic nitrogens is 1. The average Bonchev–Trinajstić information content (AvgIpc) is 3.31. The van der Waals surface area contributed by atoms with Crippen molar-refractivity contribution in [2.45, 2.75) is 27.2 Å². The number of hydrogen-bond acceptors (Lipinski definition) is 4. The first kappa shape index (κ1) is 18.7. The van der Waals surface area contributed by atoms with Gasteiger partial charge in [-0.1, -0.05) is 35.3 Å². The van der Waals surface area contributed by atoms with Gasteiger partial charge in [-0.3, -0.25) is 9.59 Å². The minimum Gasteiger partial charge on any atom is -0.481 e. The molecule has 1 aromatic heterocycles. The number of nitrogens with one attached hydrogen (secondary N) is 1. The standard InChI is InChI=1S/C22H22N2O3S/c1-22(2,3)9-8-12-4-7-15-16(10-12)28-21(23-15)24-19(25)17-13-5-6-14(11-13)18(17)20(26)27/h4-7,10,13-14,17-18H,11H2,1-3H3,(H,26,27)(H,23,24,25). The molecule has 28 heavy (non-hydrogen) atoms. The molecular weight excluding hydrogens is 372 g/mol. The Bertz CT molecular complexity index is 1050. The van der Waals surface area contributed by atoms with Gasteiger partial charge in [-0.15, -0.1) is 0 Å². The van der Waals surface area contributed by atoms with Crippen molar-refractivity contribution in [2.75, 3.05) is 5.32 Å². The molecule has 1 aromatic carbocycles. The Kier molecular flexibility index (Phi) is 4.51. The number of anilines is 1. The van der Waals surface area contributed by atoms with Gasteiger partial charge in [0.25, 0.3) is 0 Å². The Morgan fingerprint density at radius 2 is 1.93 bits per heavy atom. The van der Waals surface area contributed by atoms with E-state index in [1.165, 1.54) is 11.3 Å². The molecule has 0 saturated heterocycles. The van der Waals surface area contributed by atoms with Crippen LogP contribution < -0.4 is 5.32 Å².